The third-order valence-electron chi connectivity index (χ3n) is 3.97. The third-order valence-corrected chi connectivity index (χ3v) is 3.97. The van der Waals surface area contributed by atoms with E-state index in [2.05, 4.69) is 13.8 Å². The van der Waals surface area contributed by atoms with E-state index in [0.717, 1.165) is 25.0 Å². The molecule has 0 aromatic heterocycles. The summed E-state index contributed by atoms with van der Waals surface area (Å²) < 4.78 is 39.8. The molecule has 1 fully saturated rings. The molecular formula is C14H17F3O. The summed E-state index contributed by atoms with van der Waals surface area (Å²) >= 11 is 0. The molecule has 4 heteroatoms. The van der Waals surface area contributed by atoms with Gasteiger partial charge in [0.1, 0.15) is 0 Å². The van der Waals surface area contributed by atoms with Crippen molar-refractivity contribution in [1.29, 1.82) is 0 Å². The molecule has 0 amide bonds. The second kappa shape index (κ2) is 4.26. The van der Waals surface area contributed by atoms with Crippen LogP contribution in [0.5, 0.6) is 0 Å². The summed E-state index contributed by atoms with van der Waals surface area (Å²) in [5.41, 5.74) is -1.41. The number of benzene rings is 1. The van der Waals surface area contributed by atoms with Gasteiger partial charge >= 0.3 is 0 Å². The lowest BCUT2D eigenvalue weighted by Crippen LogP contribution is -2.35. The van der Waals surface area contributed by atoms with Gasteiger partial charge in [-0.25, -0.2) is 13.2 Å². The molecular weight excluding hydrogens is 241 g/mol. The van der Waals surface area contributed by atoms with Crippen molar-refractivity contribution in [3.63, 3.8) is 0 Å². The van der Waals surface area contributed by atoms with Crippen LogP contribution in [-0.2, 0) is 5.60 Å². The van der Waals surface area contributed by atoms with Crippen LogP contribution in [0.3, 0.4) is 0 Å². The van der Waals surface area contributed by atoms with Crippen LogP contribution in [0.4, 0.5) is 13.2 Å². The van der Waals surface area contributed by atoms with E-state index in [-0.39, 0.29) is 11.0 Å². The fourth-order valence-electron chi connectivity index (χ4n) is 2.49. The summed E-state index contributed by atoms with van der Waals surface area (Å²) in [6.45, 7) is 4.16. The molecule has 0 spiro atoms. The predicted molar refractivity (Wildman–Crippen MR) is 62.5 cm³/mol. The Morgan fingerprint density at radius 1 is 0.944 bits per heavy atom. The number of hydrogen-bond donors (Lipinski definition) is 1. The second-order valence-corrected chi connectivity index (χ2v) is 5.92. The first kappa shape index (κ1) is 13.4. The van der Waals surface area contributed by atoms with E-state index in [1.807, 2.05) is 0 Å². The zero-order valence-electron chi connectivity index (χ0n) is 10.6. The molecule has 0 bridgehead atoms. The molecule has 1 aromatic carbocycles. The fourth-order valence-corrected chi connectivity index (χ4v) is 2.49. The van der Waals surface area contributed by atoms with Crippen molar-refractivity contribution in [2.45, 2.75) is 45.1 Å². The average Bonchev–Trinajstić information content (AvgIpc) is 2.31. The van der Waals surface area contributed by atoms with Crippen LogP contribution in [0.15, 0.2) is 12.1 Å². The van der Waals surface area contributed by atoms with Crippen LogP contribution in [0.2, 0.25) is 0 Å². The zero-order valence-corrected chi connectivity index (χ0v) is 10.6. The molecule has 0 atom stereocenters. The Morgan fingerprint density at radius 3 is 2.06 bits per heavy atom. The Morgan fingerprint density at radius 2 is 1.50 bits per heavy atom. The topological polar surface area (TPSA) is 20.2 Å². The van der Waals surface area contributed by atoms with Crippen molar-refractivity contribution in [3.05, 3.63) is 35.1 Å². The molecule has 1 saturated carbocycles. The molecule has 0 unspecified atom stereocenters. The zero-order chi connectivity index (χ0) is 13.6. The lowest BCUT2D eigenvalue weighted by molar-refractivity contribution is -0.0336. The highest BCUT2D eigenvalue weighted by molar-refractivity contribution is 5.27. The summed E-state index contributed by atoms with van der Waals surface area (Å²) in [6.07, 6.45) is 2.17. The van der Waals surface area contributed by atoms with Crippen molar-refractivity contribution in [3.8, 4) is 0 Å². The van der Waals surface area contributed by atoms with Crippen molar-refractivity contribution in [1.82, 2.24) is 0 Å². The highest BCUT2D eigenvalue weighted by atomic mass is 19.2. The number of hydrogen-bond acceptors (Lipinski definition) is 1. The van der Waals surface area contributed by atoms with Gasteiger partial charge in [-0.05, 0) is 37.2 Å². The maximum Gasteiger partial charge on any atom is 0.194 e. The third kappa shape index (κ3) is 2.26. The summed E-state index contributed by atoms with van der Waals surface area (Å²) in [6, 6.07) is 2.01. The van der Waals surface area contributed by atoms with E-state index in [1.165, 1.54) is 0 Å². The van der Waals surface area contributed by atoms with Gasteiger partial charge < -0.3 is 5.11 Å². The van der Waals surface area contributed by atoms with Crippen LogP contribution < -0.4 is 0 Å². The highest BCUT2D eigenvalue weighted by Crippen LogP contribution is 2.45. The van der Waals surface area contributed by atoms with Gasteiger partial charge in [0.05, 0.1) is 5.60 Å². The quantitative estimate of drug-likeness (QED) is 0.758. The first-order valence-corrected chi connectivity index (χ1v) is 6.12. The van der Waals surface area contributed by atoms with Gasteiger partial charge in [0.2, 0.25) is 0 Å². The maximum atomic E-state index is 13.7. The summed E-state index contributed by atoms with van der Waals surface area (Å²) in [4.78, 5) is 0. The van der Waals surface area contributed by atoms with Crippen molar-refractivity contribution < 1.29 is 18.3 Å². The second-order valence-electron chi connectivity index (χ2n) is 5.92. The average molecular weight is 258 g/mol. The van der Waals surface area contributed by atoms with E-state index in [1.54, 1.807) is 0 Å². The van der Waals surface area contributed by atoms with Gasteiger partial charge in [-0.15, -0.1) is 0 Å². The van der Waals surface area contributed by atoms with Crippen LogP contribution in [0.1, 0.15) is 45.1 Å². The number of rotatable bonds is 1. The van der Waals surface area contributed by atoms with E-state index >= 15 is 0 Å². The Bertz CT molecular complexity index is 458. The van der Waals surface area contributed by atoms with Gasteiger partial charge in [-0.2, -0.15) is 0 Å². The van der Waals surface area contributed by atoms with Crippen molar-refractivity contribution in [2.24, 2.45) is 5.41 Å². The molecule has 1 aliphatic carbocycles. The largest absolute Gasteiger partial charge is 0.385 e. The Balaban J connectivity index is 2.35. The van der Waals surface area contributed by atoms with Gasteiger partial charge in [-0.3, -0.25) is 0 Å². The molecule has 1 N–H and O–H groups in total. The number of halogens is 3. The van der Waals surface area contributed by atoms with E-state index in [4.69, 9.17) is 0 Å². The SMILES string of the molecule is CC1(C)CCC(O)(c2ccc(F)c(F)c2F)CC1. The monoisotopic (exact) mass is 258 g/mol. The molecule has 0 radical (unpaired) electrons. The molecule has 0 aliphatic heterocycles. The van der Waals surface area contributed by atoms with E-state index < -0.39 is 23.1 Å². The fraction of sp³-hybridized carbons (Fsp3) is 0.571. The molecule has 2 rings (SSSR count). The Kier molecular flexibility index (Phi) is 3.18. The first-order valence-electron chi connectivity index (χ1n) is 6.12. The minimum absolute atomic E-state index is 0.0985. The van der Waals surface area contributed by atoms with Gasteiger partial charge in [0.25, 0.3) is 0 Å². The normalized spacial score (nSPS) is 21.9. The molecule has 1 aromatic rings. The van der Waals surface area contributed by atoms with Crippen LogP contribution in [0.25, 0.3) is 0 Å². The molecule has 100 valence electrons. The minimum atomic E-state index is -1.51. The summed E-state index contributed by atoms with van der Waals surface area (Å²) in [5.74, 6) is -4.00. The van der Waals surface area contributed by atoms with Crippen LogP contribution >= 0.6 is 0 Å². The predicted octanol–water partition coefficient (Wildman–Crippen LogP) is 3.89. The molecule has 0 saturated heterocycles. The molecule has 18 heavy (non-hydrogen) atoms. The van der Waals surface area contributed by atoms with Crippen LogP contribution in [-0.4, -0.2) is 5.11 Å². The Labute approximate surface area is 105 Å². The Hall–Kier alpha value is -1.03. The highest BCUT2D eigenvalue weighted by Gasteiger charge is 2.40. The molecule has 1 nitrogen and oxygen atoms in total. The van der Waals surface area contributed by atoms with Crippen LogP contribution in [0, 0.1) is 22.9 Å². The minimum Gasteiger partial charge on any atom is -0.385 e. The van der Waals surface area contributed by atoms with Gasteiger partial charge in [-0.1, -0.05) is 19.9 Å². The van der Waals surface area contributed by atoms with Gasteiger partial charge in [0.15, 0.2) is 17.5 Å². The summed E-state index contributed by atoms with van der Waals surface area (Å²) in [7, 11) is 0. The first-order chi connectivity index (χ1) is 8.25. The van der Waals surface area contributed by atoms with E-state index in [9.17, 15) is 18.3 Å². The van der Waals surface area contributed by atoms with Crippen molar-refractivity contribution in [2.75, 3.05) is 0 Å². The van der Waals surface area contributed by atoms with E-state index in [0.29, 0.717) is 12.8 Å². The lowest BCUT2D eigenvalue weighted by Gasteiger charge is -2.40. The summed E-state index contributed by atoms with van der Waals surface area (Å²) in [5, 5.41) is 10.4. The lowest BCUT2D eigenvalue weighted by atomic mass is 9.69. The number of aliphatic hydroxyl groups is 1. The molecule has 0 heterocycles. The van der Waals surface area contributed by atoms with Crippen molar-refractivity contribution >= 4 is 0 Å². The smallest absolute Gasteiger partial charge is 0.194 e. The molecule has 1 aliphatic rings. The maximum absolute atomic E-state index is 13.7. The standard InChI is InChI=1S/C14H17F3O/c1-13(2)5-7-14(18,8-6-13)9-3-4-10(15)12(17)11(9)16/h3-4,18H,5-8H2,1-2H3. The van der Waals surface area contributed by atoms with Gasteiger partial charge in [0, 0.05) is 5.56 Å².